The molecular formula is C23H22ClN3O4. The summed E-state index contributed by atoms with van der Waals surface area (Å²) in [5.74, 6) is 1.82. The first kappa shape index (κ1) is 20.9. The third kappa shape index (κ3) is 3.88. The van der Waals surface area contributed by atoms with Gasteiger partial charge in [-0.05, 0) is 30.3 Å². The Bertz CT molecular complexity index is 1190. The molecule has 0 spiro atoms. The third-order valence-electron chi connectivity index (χ3n) is 5.32. The second-order valence-corrected chi connectivity index (χ2v) is 7.48. The van der Waals surface area contributed by atoms with E-state index in [9.17, 15) is 4.79 Å². The normalized spacial score (nSPS) is 15.7. The van der Waals surface area contributed by atoms with Crippen molar-refractivity contribution in [1.82, 2.24) is 9.99 Å². The Balaban J connectivity index is 1.75. The van der Waals surface area contributed by atoms with Crippen LogP contribution in [0, 0.1) is 0 Å². The summed E-state index contributed by atoms with van der Waals surface area (Å²) >= 11 is 6.56. The molecular weight excluding hydrogens is 418 g/mol. The number of halogens is 1. The SMILES string of the molecule is COc1ccc(C2=NN(C(C)=O)C(c3cc4ccc(OC)cc4nc3Cl)C2)c(OC)c1. The maximum atomic E-state index is 12.4. The lowest BCUT2D eigenvalue weighted by molar-refractivity contribution is -0.130. The molecule has 1 unspecified atom stereocenters. The van der Waals surface area contributed by atoms with E-state index in [2.05, 4.69) is 10.1 Å². The lowest BCUT2D eigenvalue weighted by atomic mass is 9.97. The summed E-state index contributed by atoms with van der Waals surface area (Å²) in [5, 5.41) is 7.29. The molecule has 31 heavy (non-hydrogen) atoms. The predicted octanol–water partition coefficient (Wildman–Crippen LogP) is 4.61. The van der Waals surface area contributed by atoms with Gasteiger partial charge in [-0.1, -0.05) is 11.6 Å². The van der Waals surface area contributed by atoms with Gasteiger partial charge in [-0.3, -0.25) is 4.79 Å². The summed E-state index contributed by atoms with van der Waals surface area (Å²) in [6.07, 6.45) is 0.478. The van der Waals surface area contributed by atoms with Gasteiger partial charge in [-0.2, -0.15) is 5.10 Å². The Morgan fingerprint density at radius 2 is 1.74 bits per heavy atom. The van der Waals surface area contributed by atoms with E-state index >= 15 is 0 Å². The monoisotopic (exact) mass is 439 g/mol. The molecule has 0 radical (unpaired) electrons. The molecule has 7 nitrogen and oxygen atoms in total. The molecule has 1 aliphatic rings. The van der Waals surface area contributed by atoms with E-state index in [4.69, 9.17) is 25.8 Å². The summed E-state index contributed by atoms with van der Waals surface area (Å²) in [6.45, 7) is 1.48. The average Bonchev–Trinajstić information content (AvgIpc) is 3.23. The first-order valence-electron chi connectivity index (χ1n) is 9.69. The van der Waals surface area contributed by atoms with Gasteiger partial charge in [0.15, 0.2) is 0 Å². The predicted molar refractivity (Wildman–Crippen MR) is 119 cm³/mol. The Kier molecular flexibility index (Phi) is 5.69. The first-order chi connectivity index (χ1) is 14.9. The molecule has 0 saturated heterocycles. The second kappa shape index (κ2) is 8.43. The number of aromatic nitrogens is 1. The van der Waals surface area contributed by atoms with Crippen LogP contribution >= 0.6 is 11.6 Å². The fraction of sp³-hybridized carbons (Fsp3) is 0.261. The van der Waals surface area contributed by atoms with Gasteiger partial charge in [0.05, 0.1) is 38.6 Å². The molecule has 0 N–H and O–H groups in total. The van der Waals surface area contributed by atoms with Crippen molar-refractivity contribution in [1.29, 1.82) is 0 Å². The lowest BCUT2D eigenvalue weighted by Crippen LogP contribution is -2.24. The van der Waals surface area contributed by atoms with E-state index in [0.717, 1.165) is 27.7 Å². The number of fused-ring (bicyclic) bond motifs is 1. The number of methoxy groups -OCH3 is 3. The molecule has 1 atom stereocenters. The molecule has 0 saturated carbocycles. The van der Waals surface area contributed by atoms with Crippen LogP contribution in [0.15, 0.2) is 47.6 Å². The molecule has 1 aromatic heterocycles. The molecule has 3 aromatic rings. The lowest BCUT2D eigenvalue weighted by Gasteiger charge is -2.21. The summed E-state index contributed by atoms with van der Waals surface area (Å²) < 4.78 is 16.1. The Morgan fingerprint density at radius 3 is 2.42 bits per heavy atom. The zero-order chi connectivity index (χ0) is 22.1. The van der Waals surface area contributed by atoms with Crippen LogP contribution in [0.3, 0.4) is 0 Å². The highest BCUT2D eigenvalue weighted by atomic mass is 35.5. The van der Waals surface area contributed by atoms with E-state index in [1.165, 1.54) is 11.9 Å². The zero-order valence-electron chi connectivity index (χ0n) is 17.7. The number of ether oxygens (including phenoxy) is 3. The number of nitrogens with zero attached hydrogens (tertiary/aromatic N) is 3. The summed E-state index contributed by atoms with van der Waals surface area (Å²) in [6, 6.07) is 12.7. The average molecular weight is 440 g/mol. The highest BCUT2D eigenvalue weighted by molar-refractivity contribution is 6.30. The van der Waals surface area contributed by atoms with E-state index in [0.29, 0.717) is 28.8 Å². The minimum absolute atomic E-state index is 0.182. The molecule has 2 heterocycles. The molecule has 4 rings (SSSR count). The number of amides is 1. The van der Waals surface area contributed by atoms with Gasteiger partial charge in [0.2, 0.25) is 5.91 Å². The summed E-state index contributed by atoms with van der Waals surface area (Å²) in [7, 11) is 4.79. The highest BCUT2D eigenvalue weighted by Gasteiger charge is 2.34. The first-order valence-corrected chi connectivity index (χ1v) is 10.1. The minimum Gasteiger partial charge on any atom is -0.497 e. The van der Waals surface area contributed by atoms with Crippen LogP contribution in [0.5, 0.6) is 17.2 Å². The number of hydrogen-bond acceptors (Lipinski definition) is 6. The van der Waals surface area contributed by atoms with Crippen LogP contribution in [-0.4, -0.2) is 42.9 Å². The molecule has 0 fully saturated rings. The number of carbonyl (C=O) groups excluding carboxylic acids is 1. The van der Waals surface area contributed by atoms with E-state index < -0.39 is 0 Å². The maximum Gasteiger partial charge on any atom is 0.240 e. The standard InChI is InChI=1S/C23H22ClN3O4/c1-13(28)27-21(12-20(26-27)17-8-7-16(30-3)11-22(17)31-4)18-9-14-5-6-15(29-2)10-19(14)25-23(18)24/h5-11,21H,12H2,1-4H3. The van der Waals surface area contributed by atoms with Gasteiger partial charge in [0.1, 0.15) is 22.4 Å². The summed E-state index contributed by atoms with van der Waals surface area (Å²) in [5.41, 5.74) is 2.98. The van der Waals surface area contributed by atoms with Crippen molar-refractivity contribution in [3.05, 3.63) is 58.7 Å². The van der Waals surface area contributed by atoms with Crippen molar-refractivity contribution in [3.8, 4) is 17.2 Å². The van der Waals surface area contributed by atoms with Gasteiger partial charge >= 0.3 is 0 Å². The van der Waals surface area contributed by atoms with Crippen LogP contribution in [-0.2, 0) is 4.79 Å². The number of hydrogen-bond donors (Lipinski definition) is 0. The second-order valence-electron chi connectivity index (χ2n) is 7.12. The number of hydrazone groups is 1. The highest BCUT2D eigenvalue weighted by Crippen LogP contribution is 2.39. The maximum absolute atomic E-state index is 12.4. The summed E-state index contributed by atoms with van der Waals surface area (Å²) in [4.78, 5) is 16.9. The smallest absolute Gasteiger partial charge is 0.240 e. The number of benzene rings is 2. The van der Waals surface area contributed by atoms with Gasteiger partial charge < -0.3 is 14.2 Å². The van der Waals surface area contributed by atoms with Gasteiger partial charge in [-0.25, -0.2) is 9.99 Å². The molecule has 1 aliphatic heterocycles. The van der Waals surface area contributed by atoms with Crippen molar-refractivity contribution in [3.63, 3.8) is 0 Å². The quantitative estimate of drug-likeness (QED) is 0.543. The fourth-order valence-corrected chi connectivity index (χ4v) is 4.01. The molecule has 8 heteroatoms. The topological polar surface area (TPSA) is 73.2 Å². The largest absolute Gasteiger partial charge is 0.497 e. The Labute approximate surface area is 185 Å². The van der Waals surface area contributed by atoms with Crippen LogP contribution in [0.25, 0.3) is 10.9 Å². The van der Waals surface area contributed by atoms with Gasteiger partial charge in [0, 0.05) is 42.0 Å². The van der Waals surface area contributed by atoms with Crippen LogP contribution in [0.4, 0.5) is 0 Å². The van der Waals surface area contributed by atoms with Crippen molar-refractivity contribution in [2.45, 2.75) is 19.4 Å². The van der Waals surface area contributed by atoms with Crippen molar-refractivity contribution < 1.29 is 19.0 Å². The molecule has 1 amide bonds. The van der Waals surface area contributed by atoms with Gasteiger partial charge in [0.25, 0.3) is 0 Å². The molecule has 0 aliphatic carbocycles. The number of pyridine rings is 1. The van der Waals surface area contributed by atoms with Crippen molar-refractivity contribution >= 4 is 34.1 Å². The van der Waals surface area contributed by atoms with E-state index in [1.807, 2.05) is 36.4 Å². The van der Waals surface area contributed by atoms with Gasteiger partial charge in [-0.15, -0.1) is 0 Å². The van der Waals surface area contributed by atoms with E-state index in [1.54, 1.807) is 27.4 Å². The third-order valence-corrected chi connectivity index (χ3v) is 5.62. The number of carbonyl (C=O) groups is 1. The van der Waals surface area contributed by atoms with Crippen LogP contribution in [0.1, 0.15) is 30.5 Å². The molecule has 2 aromatic carbocycles. The zero-order valence-corrected chi connectivity index (χ0v) is 18.4. The molecule has 0 bridgehead atoms. The Hall–Kier alpha value is -3.32. The van der Waals surface area contributed by atoms with Crippen LogP contribution < -0.4 is 14.2 Å². The van der Waals surface area contributed by atoms with Crippen LogP contribution in [0.2, 0.25) is 5.15 Å². The van der Waals surface area contributed by atoms with E-state index in [-0.39, 0.29) is 11.9 Å². The van der Waals surface area contributed by atoms with Crippen molar-refractivity contribution in [2.24, 2.45) is 5.10 Å². The Morgan fingerprint density at radius 1 is 1.03 bits per heavy atom. The minimum atomic E-state index is -0.370. The number of rotatable bonds is 5. The fourth-order valence-electron chi connectivity index (χ4n) is 3.74. The van der Waals surface area contributed by atoms with Crippen molar-refractivity contribution in [2.75, 3.05) is 21.3 Å². The molecule has 160 valence electrons.